The van der Waals surface area contributed by atoms with Gasteiger partial charge in [-0.1, -0.05) is 48.7 Å². The van der Waals surface area contributed by atoms with Gasteiger partial charge in [-0.15, -0.1) is 0 Å². The third kappa shape index (κ3) is 8.36. The third-order valence-electron chi connectivity index (χ3n) is 6.82. The second-order valence-corrected chi connectivity index (χ2v) is 10.2. The first-order valence-electron chi connectivity index (χ1n) is 11.8. The molecule has 0 radical (unpaired) electrons. The molecule has 180 valence electrons. The van der Waals surface area contributed by atoms with Gasteiger partial charge in [0.25, 0.3) is 0 Å². The highest BCUT2D eigenvalue weighted by atomic mass is 35.5. The van der Waals surface area contributed by atoms with E-state index in [0.717, 1.165) is 31.0 Å². The molecule has 7 heteroatoms. The largest absolute Gasteiger partial charge is 0.376 e. The maximum atomic E-state index is 14.2. The monoisotopic (exact) mass is 465 g/mol. The van der Waals surface area contributed by atoms with Crippen molar-refractivity contribution in [1.82, 2.24) is 10.3 Å². The standard InChI is InChI=1S/C25H41ClFN5/c1-7-18(2)23(29-24-17-20(26)11-12-22(24)27)13-16-32(6)31-30-19(3)25(4,5)14-15-28-21-9-8-10-21/h7,11-12,17,19,21,23,28-29H,8-10,13-16H2,1-6H3/b18-7+,31-30-/t19-,23?/m1/s1. The Morgan fingerprint density at radius 3 is 2.72 bits per heavy atom. The van der Waals surface area contributed by atoms with Crippen molar-refractivity contribution in [1.29, 1.82) is 0 Å². The minimum atomic E-state index is -0.306. The maximum absolute atomic E-state index is 14.2. The normalized spacial score (nSPS) is 17.3. The molecule has 2 N–H and O–H groups in total. The van der Waals surface area contributed by atoms with Gasteiger partial charge in [0.05, 0.1) is 11.7 Å². The van der Waals surface area contributed by atoms with Gasteiger partial charge in [-0.05, 0) is 76.6 Å². The molecular formula is C25H41ClFN5. The summed E-state index contributed by atoms with van der Waals surface area (Å²) in [5.74, 6) is -0.306. The third-order valence-corrected chi connectivity index (χ3v) is 7.06. The van der Waals surface area contributed by atoms with Crippen LogP contribution >= 0.6 is 11.6 Å². The van der Waals surface area contributed by atoms with E-state index in [1.54, 1.807) is 12.1 Å². The molecule has 32 heavy (non-hydrogen) atoms. The van der Waals surface area contributed by atoms with E-state index in [-0.39, 0.29) is 23.3 Å². The van der Waals surface area contributed by atoms with Crippen LogP contribution < -0.4 is 10.6 Å². The van der Waals surface area contributed by atoms with Crippen LogP contribution in [0.3, 0.4) is 0 Å². The predicted octanol–water partition coefficient (Wildman–Crippen LogP) is 6.86. The molecule has 0 amide bonds. The van der Waals surface area contributed by atoms with Gasteiger partial charge in [-0.3, -0.25) is 5.01 Å². The number of hydrogen-bond donors (Lipinski definition) is 2. The van der Waals surface area contributed by atoms with Crippen molar-refractivity contribution in [3.8, 4) is 0 Å². The molecule has 0 aliphatic heterocycles. The minimum Gasteiger partial charge on any atom is -0.376 e. The molecule has 0 bridgehead atoms. The summed E-state index contributed by atoms with van der Waals surface area (Å²) in [6.07, 6.45) is 7.87. The lowest BCUT2D eigenvalue weighted by atomic mass is 9.82. The zero-order chi connectivity index (χ0) is 23.7. The molecule has 2 rings (SSSR count). The van der Waals surface area contributed by atoms with Crippen LogP contribution in [0.4, 0.5) is 10.1 Å². The number of benzene rings is 1. The van der Waals surface area contributed by atoms with E-state index in [1.807, 2.05) is 32.0 Å². The number of allylic oxidation sites excluding steroid dienone is 1. The fourth-order valence-corrected chi connectivity index (χ4v) is 3.69. The van der Waals surface area contributed by atoms with Gasteiger partial charge in [0.1, 0.15) is 5.82 Å². The highest BCUT2D eigenvalue weighted by Gasteiger charge is 2.27. The Hall–Kier alpha value is -1.66. The number of anilines is 1. The lowest BCUT2D eigenvalue weighted by Crippen LogP contribution is -2.38. The highest BCUT2D eigenvalue weighted by Crippen LogP contribution is 2.28. The first-order valence-corrected chi connectivity index (χ1v) is 12.2. The molecule has 0 saturated heterocycles. The molecule has 1 aliphatic carbocycles. The molecule has 1 fully saturated rings. The highest BCUT2D eigenvalue weighted by molar-refractivity contribution is 6.30. The lowest BCUT2D eigenvalue weighted by Gasteiger charge is -2.32. The number of nitrogens with zero attached hydrogens (tertiary/aromatic N) is 3. The van der Waals surface area contributed by atoms with Crippen molar-refractivity contribution in [3.05, 3.63) is 40.7 Å². The first kappa shape index (κ1) is 26.6. The van der Waals surface area contributed by atoms with Gasteiger partial charge in [0, 0.05) is 30.7 Å². The summed E-state index contributed by atoms with van der Waals surface area (Å²) in [7, 11) is 1.93. The molecule has 1 aliphatic rings. The van der Waals surface area contributed by atoms with Crippen molar-refractivity contribution in [2.24, 2.45) is 15.8 Å². The summed E-state index contributed by atoms with van der Waals surface area (Å²) in [5, 5.41) is 18.4. The van der Waals surface area contributed by atoms with Crippen molar-refractivity contribution in [3.63, 3.8) is 0 Å². The van der Waals surface area contributed by atoms with Gasteiger partial charge >= 0.3 is 0 Å². The Bertz CT molecular complexity index is 776. The average Bonchev–Trinajstić information content (AvgIpc) is 2.72. The molecule has 2 atom stereocenters. The Morgan fingerprint density at radius 2 is 2.09 bits per heavy atom. The van der Waals surface area contributed by atoms with Crippen molar-refractivity contribution < 1.29 is 4.39 Å². The summed E-state index contributed by atoms with van der Waals surface area (Å²) in [4.78, 5) is 0. The zero-order valence-corrected chi connectivity index (χ0v) is 21.3. The fraction of sp³-hybridized carbons (Fsp3) is 0.680. The van der Waals surface area contributed by atoms with Gasteiger partial charge in [0.2, 0.25) is 0 Å². The van der Waals surface area contributed by atoms with Crippen LogP contribution in [0.5, 0.6) is 0 Å². The SMILES string of the molecule is C/C=C(\C)C(CCN(C)/N=N\[C@H](C)C(C)(C)CCNC1CCC1)Nc1cc(Cl)ccc1F. The smallest absolute Gasteiger partial charge is 0.146 e. The van der Waals surface area contributed by atoms with Crippen LogP contribution in [0.2, 0.25) is 5.02 Å². The Kier molecular flexibility index (Phi) is 10.4. The Labute approximate surface area is 198 Å². The van der Waals surface area contributed by atoms with Crippen LogP contribution in [0.15, 0.2) is 40.2 Å². The van der Waals surface area contributed by atoms with Gasteiger partial charge in [-0.2, -0.15) is 5.11 Å². The molecule has 0 aromatic heterocycles. The number of hydrogen-bond acceptors (Lipinski definition) is 4. The Morgan fingerprint density at radius 1 is 1.38 bits per heavy atom. The summed E-state index contributed by atoms with van der Waals surface area (Å²) in [5.41, 5.74) is 1.64. The second-order valence-electron chi connectivity index (χ2n) is 9.73. The average molecular weight is 466 g/mol. The van der Waals surface area contributed by atoms with E-state index >= 15 is 0 Å². The summed E-state index contributed by atoms with van der Waals surface area (Å²) >= 11 is 6.05. The van der Waals surface area contributed by atoms with Crippen LogP contribution in [0.1, 0.15) is 66.7 Å². The van der Waals surface area contributed by atoms with E-state index < -0.39 is 0 Å². The fourth-order valence-electron chi connectivity index (χ4n) is 3.51. The van der Waals surface area contributed by atoms with Gasteiger partial charge < -0.3 is 10.6 Å². The Balaban J connectivity index is 1.86. The quantitative estimate of drug-likeness (QED) is 0.190. The molecule has 1 unspecified atom stereocenters. The summed E-state index contributed by atoms with van der Waals surface area (Å²) in [6.45, 7) is 12.4. The lowest BCUT2D eigenvalue weighted by molar-refractivity contribution is 0.231. The van der Waals surface area contributed by atoms with Crippen LogP contribution in [-0.4, -0.2) is 43.3 Å². The van der Waals surface area contributed by atoms with Gasteiger partial charge in [-0.25, -0.2) is 4.39 Å². The minimum absolute atomic E-state index is 0.0166. The van der Waals surface area contributed by atoms with E-state index in [1.165, 1.54) is 25.3 Å². The second kappa shape index (κ2) is 12.5. The van der Waals surface area contributed by atoms with E-state index in [9.17, 15) is 4.39 Å². The van der Waals surface area contributed by atoms with E-state index in [2.05, 4.69) is 41.7 Å². The number of rotatable bonds is 13. The zero-order valence-electron chi connectivity index (χ0n) is 20.6. The molecule has 1 aromatic rings. The van der Waals surface area contributed by atoms with Gasteiger partial charge in [0.15, 0.2) is 0 Å². The molecular weight excluding hydrogens is 425 g/mol. The number of halogens is 2. The van der Waals surface area contributed by atoms with E-state index in [0.29, 0.717) is 17.3 Å². The van der Waals surface area contributed by atoms with Crippen molar-refractivity contribution in [2.75, 3.05) is 25.5 Å². The topological polar surface area (TPSA) is 52.0 Å². The van der Waals surface area contributed by atoms with Crippen LogP contribution in [0.25, 0.3) is 0 Å². The maximum Gasteiger partial charge on any atom is 0.146 e. The van der Waals surface area contributed by atoms with Crippen LogP contribution in [-0.2, 0) is 0 Å². The molecule has 0 spiro atoms. The first-order chi connectivity index (χ1) is 15.1. The molecule has 1 aromatic carbocycles. The summed E-state index contributed by atoms with van der Waals surface area (Å²) < 4.78 is 14.2. The van der Waals surface area contributed by atoms with Crippen LogP contribution in [0, 0.1) is 11.2 Å². The van der Waals surface area contributed by atoms with Crippen molar-refractivity contribution >= 4 is 17.3 Å². The number of nitrogens with one attached hydrogen (secondary N) is 2. The predicted molar refractivity (Wildman–Crippen MR) is 134 cm³/mol. The van der Waals surface area contributed by atoms with Crippen molar-refractivity contribution in [2.45, 2.75) is 84.8 Å². The molecule has 1 saturated carbocycles. The van der Waals surface area contributed by atoms with E-state index in [4.69, 9.17) is 11.6 Å². The molecule has 0 heterocycles. The summed E-state index contributed by atoms with van der Waals surface area (Å²) in [6, 6.07) is 5.39. The molecule has 5 nitrogen and oxygen atoms in total.